The lowest BCUT2D eigenvalue weighted by Gasteiger charge is -2.41. The van der Waals surface area contributed by atoms with Crippen LogP contribution >= 0.6 is 0 Å². The molecule has 0 aromatic carbocycles. The van der Waals surface area contributed by atoms with Gasteiger partial charge in [-0.2, -0.15) is 5.26 Å². The van der Waals surface area contributed by atoms with Gasteiger partial charge in [0.25, 0.3) is 0 Å². The normalized spacial score (nSPS) is 20.9. The van der Waals surface area contributed by atoms with Crippen molar-refractivity contribution in [1.29, 1.82) is 5.26 Å². The number of hydrogen-bond donors (Lipinski definition) is 0. The maximum absolute atomic E-state index is 9.15. The summed E-state index contributed by atoms with van der Waals surface area (Å²) in [5.74, 6) is 1.57. The molecule has 0 radical (unpaired) electrons. The highest BCUT2D eigenvalue weighted by Gasteiger charge is 2.29. The zero-order valence-electron chi connectivity index (χ0n) is 12.7. The van der Waals surface area contributed by atoms with E-state index in [1.165, 1.54) is 13.0 Å². The zero-order chi connectivity index (χ0) is 13.8. The fourth-order valence-electron chi connectivity index (χ4n) is 2.88. The molecule has 0 spiro atoms. The molecule has 0 aromatic heterocycles. The molecule has 1 aliphatic rings. The third kappa shape index (κ3) is 4.59. The molecule has 0 aromatic rings. The van der Waals surface area contributed by atoms with Crippen LogP contribution in [0.5, 0.6) is 0 Å². The predicted octanol–water partition coefficient (Wildman–Crippen LogP) is 2.59. The molecule has 0 aliphatic carbocycles. The van der Waals surface area contributed by atoms with E-state index in [-0.39, 0.29) is 5.54 Å². The third-order valence-electron chi connectivity index (χ3n) is 3.88. The molecule has 0 saturated carbocycles. The summed E-state index contributed by atoms with van der Waals surface area (Å²) in [6, 6.07) is 2.40. The van der Waals surface area contributed by atoms with Crippen LogP contribution in [-0.2, 0) is 0 Å². The Bertz CT molecular complexity index is 283. The van der Waals surface area contributed by atoms with Crippen LogP contribution in [0.3, 0.4) is 0 Å². The summed E-state index contributed by atoms with van der Waals surface area (Å²) in [6.07, 6.45) is 1.31. The van der Waals surface area contributed by atoms with Crippen molar-refractivity contribution in [3.8, 4) is 6.07 Å². The summed E-state index contributed by atoms with van der Waals surface area (Å²) in [4.78, 5) is 4.85. The quantitative estimate of drug-likeness (QED) is 0.752. The average molecular weight is 251 g/mol. The first-order valence-electron chi connectivity index (χ1n) is 7.24. The van der Waals surface area contributed by atoms with Gasteiger partial charge in [-0.3, -0.25) is 4.90 Å². The van der Waals surface area contributed by atoms with Crippen molar-refractivity contribution >= 4 is 0 Å². The lowest BCUT2D eigenvalue weighted by Crippen LogP contribution is -2.54. The van der Waals surface area contributed by atoms with E-state index in [1.807, 2.05) is 13.8 Å². The molecular formula is C15H29N3. The van der Waals surface area contributed by atoms with Crippen molar-refractivity contribution in [3.63, 3.8) is 0 Å². The Morgan fingerprint density at radius 1 is 1.11 bits per heavy atom. The van der Waals surface area contributed by atoms with Crippen molar-refractivity contribution in [3.05, 3.63) is 0 Å². The minimum absolute atomic E-state index is 0.310. The van der Waals surface area contributed by atoms with Crippen LogP contribution in [0.1, 0.15) is 41.0 Å². The van der Waals surface area contributed by atoms with Gasteiger partial charge in [0.15, 0.2) is 0 Å². The maximum atomic E-state index is 9.15. The van der Waals surface area contributed by atoms with Gasteiger partial charge < -0.3 is 4.90 Å². The van der Waals surface area contributed by atoms with Gasteiger partial charge >= 0.3 is 0 Å². The topological polar surface area (TPSA) is 30.3 Å². The van der Waals surface area contributed by atoms with Crippen LogP contribution in [-0.4, -0.2) is 48.1 Å². The highest BCUT2D eigenvalue weighted by molar-refractivity contribution is 5.02. The molecule has 1 heterocycles. The molecule has 1 rings (SSSR count). The molecule has 0 bridgehead atoms. The minimum Gasteiger partial charge on any atom is -0.301 e. The van der Waals surface area contributed by atoms with Crippen LogP contribution in [0.25, 0.3) is 0 Å². The SMILES string of the molecule is CC(C)CC(C)CN1CCN(C(C)(C)C#N)CC1. The lowest BCUT2D eigenvalue weighted by molar-refractivity contribution is 0.0711. The Morgan fingerprint density at radius 2 is 1.67 bits per heavy atom. The highest BCUT2D eigenvalue weighted by atomic mass is 15.3. The number of nitrogens with zero attached hydrogens (tertiary/aromatic N) is 3. The first-order valence-corrected chi connectivity index (χ1v) is 7.24. The summed E-state index contributed by atoms with van der Waals surface area (Å²) >= 11 is 0. The molecule has 1 atom stereocenters. The van der Waals surface area contributed by atoms with E-state index in [2.05, 4.69) is 36.6 Å². The summed E-state index contributed by atoms with van der Waals surface area (Å²) in [5.41, 5.74) is -0.310. The predicted molar refractivity (Wildman–Crippen MR) is 76.3 cm³/mol. The number of hydrogen-bond acceptors (Lipinski definition) is 3. The monoisotopic (exact) mass is 251 g/mol. The van der Waals surface area contributed by atoms with Crippen LogP contribution in [0.2, 0.25) is 0 Å². The van der Waals surface area contributed by atoms with Crippen molar-refractivity contribution in [1.82, 2.24) is 9.80 Å². The first-order chi connectivity index (χ1) is 8.35. The van der Waals surface area contributed by atoms with Gasteiger partial charge in [-0.05, 0) is 32.1 Å². The minimum atomic E-state index is -0.310. The second-order valence-corrected chi connectivity index (χ2v) is 6.69. The second kappa shape index (κ2) is 6.54. The van der Waals surface area contributed by atoms with Crippen molar-refractivity contribution in [2.24, 2.45) is 11.8 Å². The molecule has 1 unspecified atom stereocenters. The molecule has 3 nitrogen and oxygen atoms in total. The largest absolute Gasteiger partial charge is 0.301 e. The van der Waals surface area contributed by atoms with Gasteiger partial charge in [0.2, 0.25) is 0 Å². The molecule has 0 amide bonds. The molecular weight excluding hydrogens is 222 g/mol. The third-order valence-corrected chi connectivity index (χ3v) is 3.88. The van der Waals surface area contributed by atoms with Gasteiger partial charge in [-0.15, -0.1) is 0 Å². The van der Waals surface area contributed by atoms with Crippen LogP contribution in [0.4, 0.5) is 0 Å². The Kier molecular flexibility index (Phi) is 5.62. The summed E-state index contributed by atoms with van der Waals surface area (Å²) in [5, 5.41) is 9.15. The van der Waals surface area contributed by atoms with Crippen molar-refractivity contribution in [2.75, 3.05) is 32.7 Å². The molecule has 0 N–H and O–H groups in total. The standard InChI is InChI=1S/C15H29N3/c1-13(2)10-14(3)11-17-6-8-18(9-7-17)15(4,5)12-16/h13-14H,6-11H2,1-5H3. The van der Waals surface area contributed by atoms with E-state index in [0.717, 1.165) is 38.0 Å². The highest BCUT2D eigenvalue weighted by Crippen LogP contribution is 2.18. The van der Waals surface area contributed by atoms with Gasteiger partial charge in [0.05, 0.1) is 6.07 Å². The van der Waals surface area contributed by atoms with E-state index >= 15 is 0 Å². The molecule has 18 heavy (non-hydrogen) atoms. The molecule has 1 fully saturated rings. The van der Waals surface area contributed by atoms with Gasteiger partial charge in [-0.1, -0.05) is 20.8 Å². The number of rotatable bonds is 5. The van der Waals surface area contributed by atoms with Crippen molar-refractivity contribution < 1.29 is 0 Å². The van der Waals surface area contributed by atoms with Crippen LogP contribution < -0.4 is 0 Å². The summed E-state index contributed by atoms with van der Waals surface area (Å²) in [7, 11) is 0. The number of nitriles is 1. The Hall–Kier alpha value is -0.590. The van der Waals surface area contributed by atoms with Gasteiger partial charge in [-0.25, -0.2) is 0 Å². The van der Waals surface area contributed by atoms with Gasteiger partial charge in [0, 0.05) is 32.7 Å². The molecule has 3 heteroatoms. The second-order valence-electron chi connectivity index (χ2n) is 6.69. The Labute approximate surface area is 113 Å². The van der Waals surface area contributed by atoms with Gasteiger partial charge in [0.1, 0.15) is 5.54 Å². The maximum Gasteiger partial charge on any atom is 0.103 e. The molecule has 104 valence electrons. The average Bonchev–Trinajstić information content (AvgIpc) is 2.28. The van der Waals surface area contributed by atoms with E-state index in [1.54, 1.807) is 0 Å². The fourth-order valence-corrected chi connectivity index (χ4v) is 2.88. The molecule has 1 saturated heterocycles. The Balaban J connectivity index is 2.34. The fraction of sp³-hybridized carbons (Fsp3) is 0.933. The first kappa shape index (κ1) is 15.5. The summed E-state index contributed by atoms with van der Waals surface area (Å²) < 4.78 is 0. The van der Waals surface area contributed by atoms with E-state index in [0.29, 0.717) is 0 Å². The summed E-state index contributed by atoms with van der Waals surface area (Å²) in [6.45, 7) is 16.4. The Morgan fingerprint density at radius 3 is 2.11 bits per heavy atom. The number of piperazine rings is 1. The van der Waals surface area contributed by atoms with Crippen LogP contribution in [0.15, 0.2) is 0 Å². The molecule has 1 aliphatic heterocycles. The van der Waals surface area contributed by atoms with Crippen molar-refractivity contribution in [2.45, 2.75) is 46.6 Å². The van der Waals surface area contributed by atoms with E-state index in [4.69, 9.17) is 5.26 Å². The smallest absolute Gasteiger partial charge is 0.103 e. The van der Waals surface area contributed by atoms with E-state index in [9.17, 15) is 0 Å². The van der Waals surface area contributed by atoms with Crippen LogP contribution in [0, 0.1) is 23.2 Å². The lowest BCUT2D eigenvalue weighted by atomic mass is 9.98. The zero-order valence-corrected chi connectivity index (χ0v) is 12.7. The van der Waals surface area contributed by atoms with E-state index < -0.39 is 0 Å².